The number of aromatic nitrogens is 2. The highest BCUT2D eigenvalue weighted by molar-refractivity contribution is 5.75. The SMILES string of the molecule is CC(C(=O)O)c1ccc(Cn2cccnc2=O)cc1. The van der Waals surface area contributed by atoms with Crippen LogP contribution >= 0.6 is 0 Å². The van der Waals surface area contributed by atoms with E-state index in [-0.39, 0.29) is 5.69 Å². The summed E-state index contributed by atoms with van der Waals surface area (Å²) in [6, 6.07) is 8.90. The number of nitrogens with zero attached hydrogens (tertiary/aromatic N) is 2. The lowest BCUT2D eigenvalue weighted by Gasteiger charge is -2.08. The first kappa shape index (κ1) is 13.0. The zero-order valence-electron chi connectivity index (χ0n) is 10.5. The molecule has 1 aromatic carbocycles. The summed E-state index contributed by atoms with van der Waals surface area (Å²) in [4.78, 5) is 26.0. The zero-order chi connectivity index (χ0) is 13.8. The second-order valence-corrected chi connectivity index (χ2v) is 4.33. The van der Waals surface area contributed by atoms with Gasteiger partial charge in [-0.2, -0.15) is 0 Å². The molecule has 2 aromatic rings. The van der Waals surface area contributed by atoms with Gasteiger partial charge in [-0.1, -0.05) is 24.3 Å². The van der Waals surface area contributed by atoms with Crippen LogP contribution in [0.5, 0.6) is 0 Å². The maximum absolute atomic E-state index is 11.5. The molecule has 0 amide bonds. The molecule has 0 saturated carbocycles. The van der Waals surface area contributed by atoms with E-state index in [1.807, 2.05) is 12.1 Å². The molecule has 0 radical (unpaired) electrons. The van der Waals surface area contributed by atoms with Crippen LogP contribution in [0, 0.1) is 0 Å². The Morgan fingerprint density at radius 2 is 2.05 bits per heavy atom. The van der Waals surface area contributed by atoms with Crippen LogP contribution in [0.4, 0.5) is 0 Å². The highest BCUT2D eigenvalue weighted by Gasteiger charge is 2.12. The lowest BCUT2D eigenvalue weighted by molar-refractivity contribution is -0.138. The van der Waals surface area contributed by atoms with Gasteiger partial charge in [0, 0.05) is 12.4 Å². The van der Waals surface area contributed by atoms with E-state index in [4.69, 9.17) is 5.11 Å². The average molecular weight is 258 g/mol. The van der Waals surface area contributed by atoms with Crippen molar-refractivity contribution >= 4 is 5.97 Å². The number of carboxylic acid groups (broad SMARTS) is 1. The van der Waals surface area contributed by atoms with E-state index in [0.717, 1.165) is 11.1 Å². The Morgan fingerprint density at radius 3 is 2.63 bits per heavy atom. The van der Waals surface area contributed by atoms with E-state index in [2.05, 4.69) is 4.98 Å². The van der Waals surface area contributed by atoms with Gasteiger partial charge in [0.15, 0.2) is 0 Å². The van der Waals surface area contributed by atoms with Crippen molar-refractivity contribution in [3.8, 4) is 0 Å². The number of carbonyl (C=O) groups is 1. The van der Waals surface area contributed by atoms with Gasteiger partial charge in [-0.25, -0.2) is 9.78 Å². The molecule has 19 heavy (non-hydrogen) atoms. The summed E-state index contributed by atoms with van der Waals surface area (Å²) in [7, 11) is 0. The van der Waals surface area contributed by atoms with Crippen molar-refractivity contribution in [3.63, 3.8) is 0 Å². The van der Waals surface area contributed by atoms with Crippen molar-refractivity contribution < 1.29 is 9.90 Å². The Kier molecular flexibility index (Phi) is 3.75. The molecule has 1 heterocycles. The third-order valence-corrected chi connectivity index (χ3v) is 2.99. The minimum Gasteiger partial charge on any atom is -0.481 e. The third kappa shape index (κ3) is 3.07. The van der Waals surface area contributed by atoms with Crippen LogP contribution in [0.15, 0.2) is 47.5 Å². The molecule has 0 fully saturated rings. The van der Waals surface area contributed by atoms with Crippen molar-refractivity contribution in [3.05, 3.63) is 64.3 Å². The van der Waals surface area contributed by atoms with Gasteiger partial charge in [-0.05, 0) is 24.1 Å². The quantitative estimate of drug-likeness (QED) is 0.901. The molecule has 1 aromatic heterocycles. The van der Waals surface area contributed by atoms with Gasteiger partial charge < -0.3 is 5.11 Å². The molecule has 0 aliphatic carbocycles. The topological polar surface area (TPSA) is 72.2 Å². The first-order valence-corrected chi connectivity index (χ1v) is 5.91. The Balaban J connectivity index is 2.18. The standard InChI is InChI=1S/C14H14N2O3/c1-10(13(17)18)12-5-3-11(4-6-12)9-16-8-2-7-15-14(16)19/h2-8,10H,9H2,1H3,(H,17,18). The molecule has 5 nitrogen and oxygen atoms in total. The largest absolute Gasteiger partial charge is 0.481 e. The lowest BCUT2D eigenvalue weighted by Crippen LogP contribution is -2.21. The number of hydrogen-bond donors (Lipinski definition) is 1. The molecule has 1 atom stereocenters. The molecule has 0 aliphatic heterocycles. The molecule has 1 unspecified atom stereocenters. The molecular weight excluding hydrogens is 244 g/mol. The van der Waals surface area contributed by atoms with Crippen molar-refractivity contribution in [1.82, 2.24) is 9.55 Å². The molecule has 1 N–H and O–H groups in total. The van der Waals surface area contributed by atoms with E-state index in [0.29, 0.717) is 6.54 Å². The number of benzene rings is 1. The minimum absolute atomic E-state index is 0.300. The number of rotatable bonds is 4. The lowest BCUT2D eigenvalue weighted by atomic mass is 10.00. The van der Waals surface area contributed by atoms with Crippen LogP contribution in [0.1, 0.15) is 24.0 Å². The monoisotopic (exact) mass is 258 g/mol. The van der Waals surface area contributed by atoms with Crippen molar-refractivity contribution in [1.29, 1.82) is 0 Å². The average Bonchev–Trinajstić information content (AvgIpc) is 2.41. The summed E-state index contributed by atoms with van der Waals surface area (Å²) in [5.41, 5.74) is 1.37. The van der Waals surface area contributed by atoms with Gasteiger partial charge in [-0.15, -0.1) is 0 Å². The normalized spacial score (nSPS) is 12.1. The van der Waals surface area contributed by atoms with E-state index in [1.54, 1.807) is 31.3 Å². The Morgan fingerprint density at radius 1 is 1.37 bits per heavy atom. The fourth-order valence-corrected chi connectivity index (χ4v) is 1.76. The second-order valence-electron chi connectivity index (χ2n) is 4.33. The molecule has 0 spiro atoms. The summed E-state index contributed by atoms with van der Waals surface area (Å²) in [6.45, 7) is 2.07. The Bertz CT molecular complexity index is 632. The van der Waals surface area contributed by atoms with Crippen LogP contribution in [0.3, 0.4) is 0 Å². The third-order valence-electron chi connectivity index (χ3n) is 2.99. The fourth-order valence-electron chi connectivity index (χ4n) is 1.76. The number of carboxylic acids is 1. The molecule has 98 valence electrons. The number of hydrogen-bond acceptors (Lipinski definition) is 3. The Hall–Kier alpha value is -2.43. The van der Waals surface area contributed by atoms with Crippen molar-refractivity contribution in [2.24, 2.45) is 0 Å². The first-order chi connectivity index (χ1) is 9.08. The van der Waals surface area contributed by atoms with E-state index in [1.165, 1.54) is 10.8 Å². The van der Waals surface area contributed by atoms with E-state index < -0.39 is 11.9 Å². The highest BCUT2D eigenvalue weighted by atomic mass is 16.4. The molecular formula is C14H14N2O3. The van der Waals surface area contributed by atoms with E-state index in [9.17, 15) is 9.59 Å². The molecule has 0 bridgehead atoms. The maximum atomic E-state index is 11.5. The highest BCUT2D eigenvalue weighted by Crippen LogP contribution is 2.16. The van der Waals surface area contributed by atoms with Gasteiger partial charge in [0.05, 0.1) is 12.5 Å². The summed E-state index contributed by atoms with van der Waals surface area (Å²) in [5, 5.41) is 8.92. The first-order valence-electron chi connectivity index (χ1n) is 5.91. The maximum Gasteiger partial charge on any atom is 0.347 e. The predicted molar refractivity (Wildman–Crippen MR) is 70.1 cm³/mol. The molecule has 2 rings (SSSR count). The predicted octanol–water partition coefficient (Wildman–Crippen LogP) is 1.48. The number of aliphatic carboxylic acids is 1. The summed E-state index contributed by atoms with van der Waals surface area (Å²) in [6.07, 6.45) is 3.12. The van der Waals surface area contributed by atoms with Gasteiger partial charge in [0.1, 0.15) is 0 Å². The summed E-state index contributed by atoms with van der Waals surface area (Å²) in [5.74, 6) is -1.38. The Labute approximate surface area is 110 Å². The van der Waals surface area contributed by atoms with Gasteiger partial charge >= 0.3 is 11.7 Å². The van der Waals surface area contributed by atoms with Gasteiger partial charge in [0.2, 0.25) is 0 Å². The second kappa shape index (κ2) is 5.48. The van der Waals surface area contributed by atoms with Crippen LogP contribution in [-0.2, 0) is 11.3 Å². The minimum atomic E-state index is -0.851. The van der Waals surface area contributed by atoms with Crippen LogP contribution in [0.25, 0.3) is 0 Å². The zero-order valence-corrected chi connectivity index (χ0v) is 10.5. The summed E-state index contributed by atoms with van der Waals surface area (Å²) < 4.78 is 1.50. The van der Waals surface area contributed by atoms with Crippen LogP contribution in [-0.4, -0.2) is 20.6 Å². The van der Waals surface area contributed by atoms with Crippen molar-refractivity contribution in [2.45, 2.75) is 19.4 Å². The van der Waals surface area contributed by atoms with Crippen molar-refractivity contribution in [2.75, 3.05) is 0 Å². The molecule has 0 aliphatic rings. The van der Waals surface area contributed by atoms with E-state index >= 15 is 0 Å². The van der Waals surface area contributed by atoms with Crippen LogP contribution in [0.2, 0.25) is 0 Å². The molecule has 5 heteroatoms. The van der Waals surface area contributed by atoms with Crippen LogP contribution < -0.4 is 5.69 Å². The fraction of sp³-hybridized carbons (Fsp3) is 0.214. The smallest absolute Gasteiger partial charge is 0.347 e. The summed E-state index contributed by atoms with van der Waals surface area (Å²) >= 11 is 0. The molecule has 0 saturated heterocycles. The van der Waals surface area contributed by atoms with Gasteiger partial charge in [-0.3, -0.25) is 9.36 Å². The van der Waals surface area contributed by atoms with Gasteiger partial charge in [0.25, 0.3) is 0 Å².